The molecule has 2 aliphatic rings. The molecule has 0 bridgehead atoms. The second kappa shape index (κ2) is 5.97. The maximum Gasteiger partial charge on any atom is 0.257 e. The molecular formula is C16H21BrN2O2. The predicted molar refractivity (Wildman–Crippen MR) is 85.7 cm³/mol. The number of nitrogens with one attached hydrogen (secondary N) is 1. The largest absolute Gasteiger partial charge is 0.490 e. The molecule has 2 atom stereocenters. The van der Waals surface area contributed by atoms with Gasteiger partial charge in [-0.05, 0) is 43.9 Å². The summed E-state index contributed by atoms with van der Waals surface area (Å²) in [6.07, 6.45) is 0.0491. The molecular weight excluding hydrogens is 332 g/mol. The van der Waals surface area contributed by atoms with Crippen LogP contribution in [0.2, 0.25) is 0 Å². The quantitative estimate of drug-likeness (QED) is 0.908. The molecule has 2 aliphatic heterocycles. The Hall–Kier alpha value is -1.07. The summed E-state index contributed by atoms with van der Waals surface area (Å²) in [5.74, 6) is 1.98. The van der Waals surface area contributed by atoms with E-state index in [-0.39, 0.29) is 12.0 Å². The monoisotopic (exact) mass is 352 g/mol. The summed E-state index contributed by atoms with van der Waals surface area (Å²) in [7, 11) is 0. The highest BCUT2D eigenvalue weighted by Crippen LogP contribution is 2.31. The van der Waals surface area contributed by atoms with Gasteiger partial charge in [0.2, 0.25) is 0 Å². The van der Waals surface area contributed by atoms with E-state index in [4.69, 9.17) is 4.74 Å². The van der Waals surface area contributed by atoms with Gasteiger partial charge in [-0.25, -0.2) is 0 Å². The van der Waals surface area contributed by atoms with Crippen LogP contribution in [0.5, 0.6) is 5.75 Å². The molecule has 2 saturated heterocycles. The summed E-state index contributed by atoms with van der Waals surface area (Å²) in [5, 5.41) is 3.40. The normalized spacial score (nSPS) is 24.5. The van der Waals surface area contributed by atoms with Gasteiger partial charge in [0.15, 0.2) is 0 Å². The molecule has 0 spiro atoms. The smallest absolute Gasteiger partial charge is 0.257 e. The van der Waals surface area contributed by atoms with Crippen molar-refractivity contribution in [1.29, 1.82) is 0 Å². The Balaban J connectivity index is 1.81. The van der Waals surface area contributed by atoms with Crippen LogP contribution in [0.4, 0.5) is 0 Å². The molecule has 1 aromatic rings. The van der Waals surface area contributed by atoms with Gasteiger partial charge in [0.05, 0.1) is 11.7 Å². The van der Waals surface area contributed by atoms with Crippen LogP contribution in [0, 0.1) is 11.8 Å². The number of hydrogen-bond donors (Lipinski definition) is 1. The van der Waals surface area contributed by atoms with E-state index in [1.165, 1.54) is 0 Å². The third kappa shape index (κ3) is 3.09. The summed E-state index contributed by atoms with van der Waals surface area (Å²) in [5.41, 5.74) is 0.667. The summed E-state index contributed by atoms with van der Waals surface area (Å²) < 4.78 is 6.74. The lowest BCUT2D eigenvalue weighted by Crippen LogP contribution is -2.32. The van der Waals surface area contributed by atoms with E-state index in [0.29, 0.717) is 23.1 Å². The number of benzene rings is 1. The molecule has 1 aromatic carbocycles. The summed E-state index contributed by atoms with van der Waals surface area (Å²) >= 11 is 3.45. The first kappa shape index (κ1) is 14.9. The number of amides is 1. The zero-order valence-corrected chi connectivity index (χ0v) is 14.0. The molecule has 114 valence electrons. The van der Waals surface area contributed by atoms with Crippen LogP contribution in [0.15, 0.2) is 22.7 Å². The number of ether oxygens (including phenoxy) is 1. The van der Waals surface area contributed by atoms with Gasteiger partial charge in [-0.2, -0.15) is 0 Å². The van der Waals surface area contributed by atoms with Gasteiger partial charge in [0, 0.05) is 30.7 Å². The number of rotatable bonds is 3. The Morgan fingerprint density at radius 3 is 2.62 bits per heavy atom. The second-order valence-electron chi connectivity index (χ2n) is 6.20. The van der Waals surface area contributed by atoms with E-state index < -0.39 is 0 Å². The van der Waals surface area contributed by atoms with Crippen molar-refractivity contribution in [2.45, 2.75) is 20.0 Å². The van der Waals surface area contributed by atoms with E-state index in [0.717, 1.165) is 30.7 Å². The fourth-order valence-corrected chi connectivity index (χ4v) is 3.56. The fourth-order valence-electron chi connectivity index (χ4n) is 3.22. The van der Waals surface area contributed by atoms with E-state index in [1.807, 2.05) is 36.9 Å². The average molecular weight is 353 g/mol. The molecule has 2 heterocycles. The fraction of sp³-hybridized carbons (Fsp3) is 0.562. The van der Waals surface area contributed by atoms with E-state index in [1.54, 1.807) is 0 Å². The van der Waals surface area contributed by atoms with Crippen LogP contribution in [-0.2, 0) is 0 Å². The first-order chi connectivity index (χ1) is 10.0. The number of halogens is 1. The lowest BCUT2D eigenvalue weighted by molar-refractivity contribution is 0.0775. The SMILES string of the molecule is CC(C)Oc1cc(Br)ccc1C(=O)N1C[C@H]2CNC[C@H]2C1. The van der Waals surface area contributed by atoms with Crippen LogP contribution in [0.3, 0.4) is 0 Å². The van der Waals surface area contributed by atoms with Crippen LogP contribution in [-0.4, -0.2) is 43.1 Å². The van der Waals surface area contributed by atoms with Crippen molar-refractivity contribution >= 4 is 21.8 Å². The number of hydrogen-bond acceptors (Lipinski definition) is 3. The Kier molecular flexibility index (Phi) is 4.22. The van der Waals surface area contributed by atoms with Gasteiger partial charge in [-0.1, -0.05) is 15.9 Å². The summed E-state index contributed by atoms with van der Waals surface area (Å²) in [6, 6.07) is 5.64. The van der Waals surface area contributed by atoms with Crippen molar-refractivity contribution < 1.29 is 9.53 Å². The van der Waals surface area contributed by atoms with Gasteiger partial charge in [-0.15, -0.1) is 0 Å². The molecule has 21 heavy (non-hydrogen) atoms. The van der Waals surface area contributed by atoms with Crippen LogP contribution < -0.4 is 10.1 Å². The van der Waals surface area contributed by atoms with Gasteiger partial charge < -0.3 is 15.0 Å². The number of nitrogens with zero attached hydrogens (tertiary/aromatic N) is 1. The topological polar surface area (TPSA) is 41.6 Å². The minimum atomic E-state index is 0.0491. The predicted octanol–water partition coefficient (Wildman–Crippen LogP) is 2.53. The Labute approximate surface area is 134 Å². The summed E-state index contributed by atoms with van der Waals surface area (Å²) in [4.78, 5) is 14.8. The minimum Gasteiger partial charge on any atom is -0.490 e. The molecule has 0 aliphatic carbocycles. The molecule has 0 aromatic heterocycles. The average Bonchev–Trinajstić information content (AvgIpc) is 2.98. The minimum absolute atomic E-state index is 0.0491. The molecule has 0 radical (unpaired) electrons. The molecule has 1 N–H and O–H groups in total. The van der Waals surface area contributed by atoms with Gasteiger partial charge in [0.25, 0.3) is 5.91 Å². The lowest BCUT2D eigenvalue weighted by atomic mass is 10.0. The van der Waals surface area contributed by atoms with Crippen molar-refractivity contribution in [3.8, 4) is 5.75 Å². The second-order valence-corrected chi connectivity index (χ2v) is 7.11. The highest BCUT2D eigenvalue weighted by atomic mass is 79.9. The number of likely N-dealkylation sites (tertiary alicyclic amines) is 1. The third-order valence-electron chi connectivity index (χ3n) is 4.21. The zero-order chi connectivity index (χ0) is 15.0. The molecule has 5 heteroatoms. The van der Waals surface area contributed by atoms with Gasteiger partial charge >= 0.3 is 0 Å². The third-order valence-corrected chi connectivity index (χ3v) is 4.71. The molecule has 4 nitrogen and oxygen atoms in total. The van der Waals surface area contributed by atoms with Crippen molar-refractivity contribution in [3.63, 3.8) is 0 Å². The first-order valence-electron chi connectivity index (χ1n) is 7.51. The number of fused-ring (bicyclic) bond motifs is 1. The van der Waals surface area contributed by atoms with E-state index in [2.05, 4.69) is 21.2 Å². The van der Waals surface area contributed by atoms with Crippen molar-refractivity contribution in [1.82, 2.24) is 10.2 Å². The Morgan fingerprint density at radius 1 is 1.33 bits per heavy atom. The summed E-state index contributed by atoms with van der Waals surface area (Å²) in [6.45, 7) is 7.72. The lowest BCUT2D eigenvalue weighted by Gasteiger charge is -2.20. The van der Waals surface area contributed by atoms with Crippen LogP contribution >= 0.6 is 15.9 Å². The van der Waals surface area contributed by atoms with Crippen LogP contribution in [0.1, 0.15) is 24.2 Å². The van der Waals surface area contributed by atoms with Crippen molar-refractivity contribution in [3.05, 3.63) is 28.2 Å². The molecule has 0 saturated carbocycles. The maximum atomic E-state index is 12.8. The number of carbonyl (C=O) groups excluding carboxylic acids is 1. The Morgan fingerprint density at radius 2 is 2.00 bits per heavy atom. The van der Waals surface area contributed by atoms with Gasteiger partial charge in [-0.3, -0.25) is 4.79 Å². The van der Waals surface area contributed by atoms with Gasteiger partial charge in [0.1, 0.15) is 5.75 Å². The highest BCUT2D eigenvalue weighted by molar-refractivity contribution is 9.10. The van der Waals surface area contributed by atoms with Crippen molar-refractivity contribution in [2.24, 2.45) is 11.8 Å². The van der Waals surface area contributed by atoms with Crippen LogP contribution in [0.25, 0.3) is 0 Å². The first-order valence-corrected chi connectivity index (χ1v) is 8.30. The molecule has 3 rings (SSSR count). The van der Waals surface area contributed by atoms with E-state index in [9.17, 15) is 4.79 Å². The standard InChI is InChI=1S/C16H21BrN2O2/c1-10(2)21-15-5-13(17)3-4-14(15)16(20)19-8-11-6-18-7-12(11)9-19/h3-5,10-12,18H,6-9H2,1-2H3/t11-,12+. The van der Waals surface area contributed by atoms with E-state index >= 15 is 0 Å². The molecule has 1 amide bonds. The maximum absolute atomic E-state index is 12.8. The van der Waals surface area contributed by atoms with Crippen molar-refractivity contribution in [2.75, 3.05) is 26.2 Å². The molecule has 2 fully saturated rings. The zero-order valence-electron chi connectivity index (χ0n) is 12.4. The molecule has 0 unspecified atom stereocenters. The Bertz CT molecular complexity index is 535. The number of carbonyl (C=O) groups is 1. The highest BCUT2D eigenvalue weighted by Gasteiger charge is 2.38.